The number of pyridine rings is 1. The molecule has 1 rings (SSSR count). The number of rotatable bonds is 5. The summed E-state index contributed by atoms with van der Waals surface area (Å²) >= 11 is 0. The smallest absolute Gasteiger partial charge is 0.253 e. The number of carbonyl (C=O) groups is 1. The second-order valence-corrected chi connectivity index (χ2v) is 3.55. The minimum absolute atomic E-state index is 0.183. The maximum absolute atomic E-state index is 12.8. The van der Waals surface area contributed by atoms with Gasteiger partial charge in [-0.15, -0.1) is 0 Å². The number of amides is 1. The average molecular weight is 225 g/mol. The standard InChI is InChI=1S/C11H16FN3O/c1-13-5-3-7-15(2)11(16)9-4-6-14-10(12)8-9/h4,6,8,13H,3,5,7H2,1-2H3. The van der Waals surface area contributed by atoms with Crippen molar-refractivity contribution in [1.82, 2.24) is 15.2 Å². The zero-order valence-electron chi connectivity index (χ0n) is 9.53. The number of aromatic nitrogens is 1. The van der Waals surface area contributed by atoms with Crippen molar-refractivity contribution in [1.29, 1.82) is 0 Å². The number of hydrogen-bond donors (Lipinski definition) is 1. The largest absolute Gasteiger partial charge is 0.342 e. The van der Waals surface area contributed by atoms with Crippen LogP contribution in [0.4, 0.5) is 4.39 Å². The van der Waals surface area contributed by atoms with Gasteiger partial charge >= 0.3 is 0 Å². The van der Waals surface area contributed by atoms with Gasteiger partial charge in [0.2, 0.25) is 5.95 Å². The first kappa shape index (κ1) is 12.6. The molecule has 0 radical (unpaired) electrons. The van der Waals surface area contributed by atoms with E-state index in [1.807, 2.05) is 7.05 Å². The molecular formula is C11H16FN3O. The van der Waals surface area contributed by atoms with Crippen LogP contribution in [0.25, 0.3) is 0 Å². The molecule has 0 aliphatic heterocycles. The molecule has 0 aliphatic carbocycles. The van der Waals surface area contributed by atoms with Crippen molar-refractivity contribution >= 4 is 5.91 Å². The van der Waals surface area contributed by atoms with Crippen LogP contribution >= 0.6 is 0 Å². The van der Waals surface area contributed by atoms with Crippen molar-refractivity contribution in [3.05, 3.63) is 29.8 Å². The second-order valence-electron chi connectivity index (χ2n) is 3.55. The molecule has 0 atom stereocenters. The van der Waals surface area contributed by atoms with Crippen molar-refractivity contribution in [2.24, 2.45) is 0 Å². The highest BCUT2D eigenvalue weighted by Crippen LogP contribution is 2.04. The van der Waals surface area contributed by atoms with Gasteiger partial charge in [-0.1, -0.05) is 0 Å². The molecule has 0 aliphatic rings. The Kier molecular flexibility index (Phi) is 4.85. The van der Waals surface area contributed by atoms with Crippen molar-refractivity contribution < 1.29 is 9.18 Å². The van der Waals surface area contributed by atoms with Crippen LogP contribution < -0.4 is 5.32 Å². The van der Waals surface area contributed by atoms with Crippen LogP contribution in [0.1, 0.15) is 16.8 Å². The summed E-state index contributed by atoms with van der Waals surface area (Å²) in [4.78, 5) is 16.8. The molecule has 1 aromatic heterocycles. The summed E-state index contributed by atoms with van der Waals surface area (Å²) in [6.45, 7) is 1.49. The maximum atomic E-state index is 12.8. The highest BCUT2D eigenvalue weighted by Gasteiger charge is 2.11. The van der Waals surface area contributed by atoms with E-state index in [-0.39, 0.29) is 5.91 Å². The Morgan fingerprint density at radius 3 is 3.00 bits per heavy atom. The topological polar surface area (TPSA) is 45.2 Å². The zero-order valence-corrected chi connectivity index (χ0v) is 9.53. The molecule has 1 heterocycles. The molecule has 1 aromatic rings. The van der Waals surface area contributed by atoms with E-state index in [0.29, 0.717) is 12.1 Å². The first-order valence-electron chi connectivity index (χ1n) is 5.16. The molecule has 0 aromatic carbocycles. The molecular weight excluding hydrogens is 209 g/mol. The Bertz CT molecular complexity index is 357. The van der Waals surface area contributed by atoms with Crippen molar-refractivity contribution in [3.8, 4) is 0 Å². The van der Waals surface area contributed by atoms with Crippen LogP contribution in [0.15, 0.2) is 18.3 Å². The van der Waals surface area contributed by atoms with Crippen LogP contribution in [-0.4, -0.2) is 43.0 Å². The van der Waals surface area contributed by atoms with E-state index in [1.54, 1.807) is 11.9 Å². The third-order valence-corrected chi connectivity index (χ3v) is 2.24. The van der Waals surface area contributed by atoms with Crippen LogP contribution in [0.3, 0.4) is 0 Å². The number of halogens is 1. The molecule has 0 fully saturated rings. The van der Waals surface area contributed by atoms with Gasteiger partial charge in [0.1, 0.15) is 0 Å². The van der Waals surface area contributed by atoms with Crippen molar-refractivity contribution in [2.45, 2.75) is 6.42 Å². The molecule has 88 valence electrons. The lowest BCUT2D eigenvalue weighted by Crippen LogP contribution is -2.29. The van der Waals surface area contributed by atoms with Gasteiger partial charge in [0, 0.05) is 31.4 Å². The number of nitrogens with zero attached hydrogens (tertiary/aromatic N) is 2. The minimum atomic E-state index is -0.630. The lowest BCUT2D eigenvalue weighted by atomic mass is 10.2. The van der Waals surface area contributed by atoms with Gasteiger partial charge in [0.25, 0.3) is 5.91 Å². The van der Waals surface area contributed by atoms with E-state index in [1.165, 1.54) is 12.3 Å². The van der Waals surface area contributed by atoms with Crippen LogP contribution in [0, 0.1) is 5.95 Å². The van der Waals surface area contributed by atoms with Gasteiger partial charge in [-0.05, 0) is 26.1 Å². The summed E-state index contributed by atoms with van der Waals surface area (Å²) < 4.78 is 12.8. The molecule has 4 nitrogen and oxygen atoms in total. The average Bonchev–Trinajstić information content (AvgIpc) is 2.28. The summed E-state index contributed by atoms with van der Waals surface area (Å²) in [7, 11) is 3.57. The Morgan fingerprint density at radius 1 is 1.62 bits per heavy atom. The number of nitrogens with one attached hydrogen (secondary N) is 1. The molecule has 1 amide bonds. The van der Waals surface area contributed by atoms with Crippen molar-refractivity contribution in [2.75, 3.05) is 27.2 Å². The molecule has 16 heavy (non-hydrogen) atoms. The van der Waals surface area contributed by atoms with Crippen molar-refractivity contribution in [3.63, 3.8) is 0 Å². The summed E-state index contributed by atoms with van der Waals surface area (Å²) in [6, 6.07) is 2.66. The van der Waals surface area contributed by atoms with Gasteiger partial charge in [-0.25, -0.2) is 4.98 Å². The lowest BCUT2D eigenvalue weighted by Gasteiger charge is -2.16. The van der Waals surface area contributed by atoms with Crippen LogP contribution in [0.2, 0.25) is 0 Å². The van der Waals surface area contributed by atoms with Gasteiger partial charge in [-0.3, -0.25) is 4.79 Å². The predicted octanol–water partition coefficient (Wildman–Crippen LogP) is 0.902. The minimum Gasteiger partial charge on any atom is -0.342 e. The van der Waals surface area contributed by atoms with E-state index < -0.39 is 5.95 Å². The molecule has 5 heteroatoms. The number of hydrogen-bond acceptors (Lipinski definition) is 3. The van der Waals surface area contributed by atoms with Gasteiger partial charge in [-0.2, -0.15) is 4.39 Å². The second kappa shape index (κ2) is 6.17. The van der Waals surface area contributed by atoms with E-state index in [2.05, 4.69) is 10.3 Å². The fraction of sp³-hybridized carbons (Fsp3) is 0.455. The summed E-state index contributed by atoms with van der Waals surface area (Å²) in [6.07, 6.45) is 2.16. The highest BCUT2D eigenvalue weighted by atomic mass is 19.1. The van der Waals surface area contributed by atoms with E-state index in [9.17, 15) is 9.18 Å². The highest BCUT2D eigenvalue weighted by molar-refractivity contribution is 5.93. The third kappa shape index (κ3) is 3.58. The molecule has 0 bridgehead atoms. The fourth-order valence-electron chi connectivity index (χ4n) is 1.35. The molecule has 0 saturated carbocycles. The van der Waals surface area contributed by atoms with Crippen LogP contribution in [-0.2, 0) is 0 Å². The normalized spacial score (nSPS) is 10.2. The summed E-state index contributed by atoms with van der Waals surface area (Å²) in [5, 5.41) is 3.00. The predicted molar refractivity (Wildman–Crippen MR) is 59.7 cm³/mol. The lowest BCUT2D eigenvalue weighted by molar-refractivity contribution is 0.0793. The molecule has 0 unspecified atom stereocenters. The molecule has 0 saturated heterocycles. The Balaban J connectivity index is 2.56. The molecule has 1 N–H and O–H groups in total. The first-order valence-corrected chi connectivity index (χ1v) is 5.16. The maximum Gasteiger partial charge on any atom is 0.253 e. The van der Waals surface area contributed by atoms with Gasteiger partial charge in [0.05, 0.1) is 0 Å². The Hall–Kier alpha value is -1.49. The van der Waals surface area contributed by atoms with Crippen LogP contribution in [0.5, 0.6) is 0 Å². The summed E-state index contributed by atoms with van der Waals surface area (Å²) in [5.41, 5.74) is 0.333. The van der Waals surface area contributed by atoms with E-state index >= 15 is 0 Å². The molecule has 0 spiro atoms. The Labute approximate surface area is 94.5 Å². The summed E-state index contributed by atoms with van der Waals surface area (Å²) in [5.74, 6) is -0.813. The van der Waals surface area contributed by atoms with E-state index in [0.717, 1.165) is 19.0 Å². The quantitative estimate of drug-likeness (QED) is 0.598. The number of carbonyl (C=O) groups excluding carboxylic acids is 1. The monoisotopic (exact) mass is 225 g/mol. The Morgan fingerprint density at radius 2 is 2.38 bits per heavy atom. The third-order valence-electron chi connectivity index (χ3n) is 2.24. The fourth-order valence-corrected chi connectivity index (χ4v) is 1.35. The SMILES string of the molecule is CNCCCN(C)C(=O)c1ccnc(F)c1. The van der Waals surface area contributed by atoms with Gasteiger partial charge in [0.15, 0.2) is 0 Å². The van der Waals surface area contributed by atoms with E-state index in [4.69, 9.17) is 0 Å². The van der Waals surface area contributed by atoms with Gasteiger partial charge < -0.3 is 10.2 Å². The first-order chi connectivity index (χ1) is 7.65. The zero-order chi connectivity index (χ0) is 12.0.